The standard InChI is InChI=1S/C27H30N6O3/c1-19-25-26(33(29-19)21-7-5-4-6-8-21)30(2)27(35)23(28-25)13-14-24(34)32-17-15-31(16-18-32)20-9-11-22(36-3)12-10-20/h4-12H,13-18H2,1-3H3. The van der Waals surface area contributed by atoms with Crippen LogP contribution in [0.25, 0.3) is 16.9 Å². The van der Waals surface area contributed by atoms with Gasteiger partial charge in [-0.05, 0) is 43.3 Å². The maximum atomic E-state index is 13.1. The van der Waals surface area contributed by atoms with Gasteiger partial charge in [-0.3, -0.25) is 14.2 Å². The highest BCUT2D eigenvalue weighted by Crippen LogP contribution is 2.21. The minimum absolute atomic E-state index is 0.0463. The van der Waals surface area contributed by atoms with E-state index in [0.717, 1.165) is 35.9 Å². The number of carbonyl (C=O) groups excluding carboxylic acids is 1. The van der Waals surface area contributed by atoms with Crippen molar-refractivity contribution in [2.24, 2.45) is 7.05 Å². The molecule has 1 amide bonds. The zero-order chi connectivity index (χ0) is 25.2. The molecule has 1 saturated heterocycles. The quantitative estimate of drug-likeness (QED) is 0.417. The predicted octanol–water partition coefficient (Wildman–Crippen LogP) is 2.72. The van der Waals surface area contributed by atoms with Gasteiger partial charge in [0.1, 0.15) is 17.0 Å². The van der Waals surface area contributed by atoms with Gasteiger partial charge in [0.25, 0.3) is 5.56 Å². The Kier molecular flexibility index (Phi) is 6.45. The Morgan fingerprint density at radius 1 is 0.972 bits per heavy atom. The fourth-order valence-electron chi connectivity index (χ4n) is 4.71. The van der Waals surface area contributed by atoms with Gasteiger partial charge in [-0.25, -0.2) is 9.67 Å². The molecule has 0 atom stereocenters. The van der Waals surface area contributed by atoms with Crippen molar-refractivity contribution in [2.75, 3.05) is 38.2 Å². The number of amides is 1. The Bertz CT molecular complexity index is 1430. The van der Waals surface area contributed by atoms with Crippen molar-refractivity contribution < 1.29 is 9.53 Å². The molecule has 9 heteroatoms. The van der Waals surface area contributed by atoms with Crippen LogP contribution in [0, 0.1) is 6.92 Å². The Morgan fingerprint density at radius 3 is 2.33 bits per heavy atom. The molecule has 0 unspecified atom stereocenters. The first kappa shape index (κ1) is 23.6. The fourth-order valence-corrected chi connectivity index (χ4v) is 4.71. The third-order valence-electron chi connectivity index (χ3n) is 6.77. The molecule has 2 aromatic carbocycles. The summed E-state index contributed by atoms with van der Waals surface area (Å²) < 4.78 is 8.56. The molecule has 5 rings (SSSR count). The van der Waals surface area contributed by atoms with Crippen LogP contribution in [0.15, 0.2) is 59.4 Å². The second-order valence-electron chi connectivity index (χ2n) is 8.99. The molecule has 2 aromatic heterocycles. The monoisotopic (exact) mass is 486 g/mol. The normalized spacial score (nSPS) is 13.9. The zero-order valence-corrected chi connectivity index (χ0v) is 20.8. The van der Waals surface area contributed by atoms with Crippen molar-refractivity contribution in [1.29, 1.82) is 0 Å². The highest BCUT2D eigenvalue weighted by molar-refractivity contribution is 5.78. The summed E-state index contributed by atoms with van der Waals surface area (Å²) in [5, 5.41) is 4.62. The summed E-state index contributed by atoms with van der Waals surface area (Å²) in [7, 11) is 3.39. The Hall–Kier alpha value is -4.14. The molecule has 9 nitrogen and oxygen atoms in total. The summed E-state index contributed by atoms with van der Waals surface area (Å²) in [6.07, 6.45) is 0.554. The second kappa shape index (κ2) is 9.85. The average Bonchev–Trinajstić information content (AvgIpc) is 3.26. The molecule has 1 aliphatic heterocycles. The number of nitrogens with zero attached hydrogens (tertiary/aromatic N) is 6. The van der Waals surface area contributed by atoms with E-state index in [1.54, 1.807) is 23.4 Å². The summed E-state index contributed by atoms with van der Waals surface area (Å²) in [4.78, 5) is 34.9. The van der Waals surface area contributed by atoms with Crippen LogP contribution in [0.2, 0.25) is 0 Å². The summed E-state index contributed by atoms with van der Waals surface area (Å²) >= 11 is 0. The van der Waals surface area contributed by atoms with E-state index in [9.17, 15) is 9.59 Å². The van der Waals surface area contributed by atoms with E-state index in [-0.39, 0.29) is 17.9 Å². The maximum absolute atomic E-state index is 13.1. The van der Waals surface area contributed by atoms with E-state index in [0.29, 0.717) is 36.4 Å². The fraction of sp³-hybridized carbons (Fsp3) is 0.333. The molecule has 1 aliphatic rings. The minimum atomic E-state index is -0.197. The SMILES string of the molecule is COc1ccc(N2CCN(C(=O)CCc3nc4c(C)nn(-c5ccccc5)c4n(C)c3=O)CC2)cc1. The van der Waals surface area contributed by atoms with Crippen LogP contribution in [0.4, 0.5) is 5.69 Å². The minimum Gasteiger partial charge on any atom is -0.497 e. The smallest absolute Gasteiger partial charge is 0.273 e. The van der Waals surface area contributed by atoms with E-state index in [1.807, 2.05) is 66.4 Å². The van der Waals surface area contributed by atoms with E-state index in [4.69, 9.17) is 4.74 Å². The third kappa shape index (κ3) is 4.44. The number of anilines is 1. The second-order valence-corrected chi connectivity index (χ2v) is 8.99. The molecule has 1 fully saturated rings. The van der Waals surface area contributed by atoms with Gasteiger partial charge < -0.3 is 14.5 Å². The van der Waals surface area contributed by atoms with Crippen molar-refractivity contribution in [3.05, 3.63) is 76.3 Å². The number of piperazine rings is 1. The predicted molar refractivity (Wildman–Crippen MR) is 139 cm³/mol. The lowest BCUT2D eigenvalue weighted by Gasteiger charge is -2.36. The highest BCUT2D eigenvalue weighted by atomic mass is 16.5. The number of hydrogen-bond donors (Lipinski definition) is 0. The number of carbonyl (C=O) groups is 1. The summed E-state index contributed by atoms with van der Waals surface area (Å²) in [6.45, 7) is 4.72. The van der Waals surface area contributed by atoms with Crippen LogP contribution in [0.3, 0.4) is 0 Å². The molecule has 186 valence electrons. The summed E-state index contributed by atoms with van der Waals surface area (Å²) in [6, 6.07) is 17.7. The average molecular weight is 487 g/mol. The van der Waals surface area contributed by atoms with Gasteiger partial charge in [0.2, 0.25) is 5.91 Å². The van der Waals surface area contributed by atoms with Gasteiger partial charge in [-0.15, -0.1) is 0 Å². The van der Waals surface area contributed by atoms with Crippen molar-refractivity contribution in [3.8, 4) is 11.4 Å². The number of benzene rings is 2. The number of para-hydroxylation sites is 1. The Balaban J connectivity index is 1.27. The van der Waals surface area contributed by atoms with Crippen LogP contribution in [-0.2, 0) is 18.3 Å². The Labute approximate surface area is 209 Å². The number of aryl methyl sites for hydroxylation is 3. The van der Waals surface area contributed by atoms with Gasteiger partial charge in [-0.1, -0.05) is 18.2 Å². The van der Waals surface area contributed by atoms with E-state index in [1.165, 1.54) is 0 Å². The molecule has 0 N–H and O–H groups in total. The van der Waals surface area contributed by atoms with Crippen LogP contribution in [-0.4, -0.2) is 63.4 Å². The molecule has 36 heavy (non-hydrogen) atoms. The summed E-state index contributed by atoms with van der Waals surface area (Å²) in [5.41, 5.74) is 4.25. The molecule has 3 heterocycles. The van der Waals surface area contributed by atoms with Gasteiger partial charge in [0.15, 0.2) is 5.65 Å². The molecular formula is C27H30N6O3. The number of aromatic nitrogens is 4. The van der Waals surface area contributed by atoms with Crippen molar-refractivity contribution in [1.82, 2.24) is 24.2 Å². The third-order valence-corrected chi connectivity index (χ3v) is 6.77. The topological polar surface area (TPSA) is 85.5 Å². The summed E-state index contributed by atoms with van der Waals surface area (Å²) in [5.74, 6) is 0.873. The van der Waals surface area contributed by atoms with Crippen LogP contribution < -0.4 is 15.2 Å². The van der Waals surface area contributed by atoms with Crippen LogP contribution >= 0.6 is 0 Å². The molecule has 0 radical (unpaired) electrons. The number of hydrogen-bond acceptors (Lipinski definition) is 6. The first-order chi connectivity index (χ1) is 17.5. The Morgan fingerprint density at radius 2 is 1.67 bits per heavy atom. The van der Waals surface area contributed by atoms with Gasteiger partial charge >= 0.3 is 0 Å². The van der Waals surface area contributed by atoms with Crippen molar-refractivity contribution >= 4 is 22.8 Å². The van der Waals surface area contributed by atoms with E-state index in [2.05, 4.69) is 15.0 Å². The number of fused-ring (bicyclic) bond motifs is 1. The largest absolute Gasteiger partial charge is 0.497 e. The van der Waals surface area contributed by atoms with Crippen LogP contribution in [0.1, 0.15) is 17.8 Å². The molecule has 0 bridgehead atoms. The van der Waals surface area contributed by atoms with E-state index >= 15 is 0 Å². The maximum Gasteiger partial charge on any atom is 0.273 e. The lowest BCUT2D eigenvalue weighted by Crippen LogP contribution is -2.48. The molecule has 4 aromatic rings. The zero-order valence-electron chi connectivity index (χ0n) is 20.8. The molecule has 0 spiro atoms. The lowest BCUT2D eigenvalue weighted by molar-refractivity contribution is -0.131. The van der Waals surface area contributed by atoms with Gasteiger partial charge in [0.05, 0.1) is 18.5 Å². The van der Waals surface area contributed by atoms with Gasteiger partial charge in [-0.2, -0.15) is 5.10 Å². The number of rotatable bonds is 6. The van der Waals surface area contributed by atoms with Crippen LogP contribution in [0.5, 0.6) is 5.75 Å². The van der Waals surface area contributed by atoms with Crippen molar-refractivity contribution in [3.63, 3.8) is 0 Å². The lowest BCUT2D eigenvalue weighted by atomic mass is 10.2. The molecule has 0 saturated carbocycles. The number of methoxy groups -OCH3 is 1. The van der Waals surface area contributed by atoms with Gasteiger partial charge in [0, 0.05) is 51.8 Å². The molecule has 0 aliphatic carbocycles. The van der Waals surface area contributed by atoms with Crippen molar-refractivity contribution in [2.45, 2.75) is 19.8 Å². The first-order valence-corrected chi connectivity index (χ1v) is 12.1. The highest BCUT2D eigenvalue weighted by Gasteiger charge is 2.23. The molecular weight excluding hydrogens is 456 g/mol. The number of ether oxygens (including phenoxy) is 1. The first-order valence-electron chi connectivity index (χ1n) is 12.1. The van der Waals surface area contributed by atoms with E-state index < -0.39 is 0 Å².